The summed E-state index contributed by atoms with van der Waals surface area (Å²) in [5.74, 6) is -1.36. The maximum atomic E-state index is 12.2. The Labute approximate surface area is 129 Å². The number of nitrogens with zero attached hydrogens (tertiary/aromatic N) is 2. The Balaban J connectivity index is 2.15. The van der Waals surface area contributed by atoms with Gasteiger partial charge in [0.25, 0.3) is 5.91 Å². The number of carbonyl (C=O) groups excluding carboxylic acids is 1. The number of aromatic nitrogens is 1. The smallest absolute Gasteiger partial charge is 0.323 e. The summed E-state index contributed by atoms with van der Waals surface area (Å²) in [6.45, 7) is -0.231. The van der Waals surface area contributed by atoms with E-state index in [4.69, 9.17) is 5.11 Å². The second kappa shape index (κ2) is 5.95. The molecule has 0 spiro atoms. The van der Waals surface area contributed by atoms with Gasteiger partial charge in [-0.2, -0.15) is 4.99 Å². The van der Waals surface area contributed by atoms with E-state index in [9.17, 15) is 9.59 Å². The molecule has 110 valence electrons. The fourth-order valence-corrected chi connectivity index (χ4v) is 3.15. The number of thiazole rings is 1. The van der Waals surface area contributed by atoms with Gasteiger partial charge >= 0.3 is 5.97 Å². The van der Waals surface area contributed by atoms with Crippen molar-refractivity contribution in [1.82, 2.24) is 4.57 Å². The molecular formula is C16H12N2O3S. The van der Waals surface area contributed by atoms with Gasteiger partial charge < -0.3 is 9.67 Å². The fourth-order valence-electron chi connectivity index (χ4n) is 2.13. The number of rotatable bonds is 3. The lowest BCUT2D eigenvalue weighted by molar-refractivity contribution is -0.137. The van der Waals surface area contributed by atoms with E-state index < -0.39 is 5.97 Å². The van der Waals surface area contributed by atoms with E-state index in [1.807, 2.05) is 30.3 Å². The number of benzene rings is 2. The quantitative estimate of drug-likeness (QED) is 0.808. The van der Waals surface area contributed by atoms with Crippen molar-refractivity contribution in [3.8, 4) is 0 Å². The van der Waals surface area contributed by atoms with Crippen LogP contribution in [0.5, 0.6) is 0 Å². The largest absolute Gasteiger partial charge is 0.480 e. The van der Waals surface area contributed by atoms with Crippen LogP contribution in [-0.4, -0.2) is 21.6 Å². The molecule has 1 amide bonds. The molecular weight excluding hydrogens is 300 g/mol. The molecule has 0 atom stereocenters. The number of aliphatic carboxylic acids is 1. The molecule has 0 saturated heterocycles. The van der Waals surface area contributed by atoms with Gasteiger partial charge in [-0.3, -0.25) is 9.59 Å². The van der Waals surface area contributed by atoms with Gasteiger partial charge in [0.05, 0.1) is 10.2 Å². The van der Waals surface area contributed by atoms with Gasteiger partial charge in [0.1, 0.15) is 6.54 Å². The third-order valence-corrected chi connectivity index (χ3v) is 4.16. The minimum atomic E-state index is -0.975. The Morgan fingerprint density at radius 1 is 1.05 bits per heavy atom. The van der Waals surface area contributed by atoms with Crippen LogP contribution in [-0.2, 0) is 11.3 Å². The second-order valence-corrected chi connectivity index (χ2v) is 5.62. The first kappa shape index (κ1) is 14.2. The Morgan fingerprint density at radius 2 is 1.73 bits per heavy atom. The SMILES string of the molecule is O=C(O)Cn1/c(=N/C(=O)c2ccccc2)sc2ccccc21. The van der Waals surface area contributed by atoms with Crippen molar-refractivity contribution in [2.45, 2.75) is 6.54 Å². The predicted molar refractivity (Wildman–Crippen MR) is 83.8 cm³/mol. The fraction of sp³-hybridized carbons (Fsp3) is 0.0625. The zero-order chi connectivity index (χ0) is 15.5. The summed E-state index contributed by atoms with van der Waals surface area (Å²) in [6, 6.07) is 16.1. The first-order valence-corrected chi connectivity index (χ1v) is 7.41. The van der Waals surface area contributed by atoms with Crippen molar-refractivity contribution in [3.05, 3.63) is 65.0 Å². The zero-order valence-corrected chi connectivity index (χ0v) is 12.3. The Kier molecular flexibility index (Phi) is 3.84. The number of para-hydroxylation sites is 1. The molecule has 0 saturated carbocycles. The topological polar surface area (TPSA) is 71.7 Å². The van der Waals surface area contributed by atoms with Crippen LogP contribution in [0.4, 0.5) is 0 Å². The number of carboxylic acid groups (broad SMARTS) is 1. The molecule has 3 aromatic rings. The molecule has 1 heterocycles. The molecule has 5 nitrogen and oxygen atoms in total. The van der Waals surface area contributed by atoms with Crippen molar-refractivity contribution in [2.75, 3.05) is 0 Å². The lowest BCUT2D eigenvalue weighted by Gasteiger charge is -2.00. The van der Waals surface area contributed by atoms with Gasteiger partial charge in [0.2, 0.25) is 0 Å². The maximum absolute atomic E-state index is 12.2. The van der Waals surface area contributed by atoms with Crippen LogP contribution in [0.25, 0.3) is 10.2 Å². The summed E-state index contributed by atoms with van der Waals surface area (Å²) >= 11 is 1.30. The van der Waals surface area contributed by atoms with Crippen LogP contribution in [0.15, 0.2) is 59.6 Å². The average Bonchev–Trinajstić information content (AvgIpc) is 2.85. The van der Waals surface area contributed by atoms with Gasteiger partial charge in [-0.15, -0.1) is 0 Å². The molecule has 0 fully saturated rings. The summed E-state index contributed by atoms with van der Waals surface area (Å²) in [4.78, 5) is 27.8. The molecule has 3 rings (SSSR count). The van der Waals surface area contributed by atoms with Crippen molar-refractivity contribution in [3.63, 3.8) is 0 Å². The molecule has 22 heavy (non-hydrogen) atoms. The van der Waals surface area contributed by atoms with E-state index in [1.165, 1.54) is 11.3 Å². The maximum Gasteiger partial charge on any atom is 0.323 e. The van der Waals surface area contributed by atoms with Crippen LogP contribution < -0.4 is 4.80 Å². The molecule has 0 aliphatic carbocycles. The minimum absolute atomic E-state index is 0.231. The van der Waals surface area contributed by atoms with Crippen LogP contribution in [0.1, 0.15) is 10.4 Å². The number of fused-ring (bicyclic) bond motifs is 1. The molecule has 0 aliphatic heterocycles. The van der Waals surface area contributed by atoms with Gasteiger partial charge in [0.15, 0.2) is 4.80 Å². The van der Waals surface area contributed by atoms with Crippen LogP contribution in [0.3, 0.4) is 0 Å². The summed E-state index contributed by atoms with van der Waals surface area (Å²) in [6.07, 6.45) is 0. The first-order valence-electron chi connectivity index (χ1n) is 6.59. The number of hydrogen-bond acceptors (Lipinski definition) is 3. The van der Waals surface area contributed by atoms with E-state index in [0.717, 1.165) is 10.2 Å². The summed E-state index contributed by atoms with van der Waals surface area (Å²) in [5, 5.41) is 9.08. The molecule has 2 aromatic carbocycles. The van der Waals surface area contributed by atoms with Crippen LogP contribution >= 0.6 is 11.3 Å². The van der Waals surface area contributed by atoms with Gasteiger partial charge in [-0.1, -0.05) is 41.7 Å². The average molecular weight is 312 g/mol. The highest BCUT2D eigenvalue weighted by molar-refractivity contribution is 7.16. The molecule has 0 aliphatic rings. The first-order chi connectivity index (χ1) is 10.6. The molecule has 6 heteroatoms. The minimum Gasteiger partial charge on any atom is -0.480 e. The van der Waals surface area contributed by atoms with Gasteiger partial charge in [-0.25, -0.2) is 0 Å². The Bertz CT molecular complexity index is 910. The van der Waals surface area contributed by atoms with Crippen LogP contribution in [0, 0.1) is 0 Å². The predicted octanol–water partition coefficient (Wildman–Crippen LogP) is 2.53. The van der Waals surface area contributed by atoms with E-state index in [1.54, 1.807) is 28.8 Å². The lowest BCUT2D eigenvalue weighted by atomic mass is 10.2. The number of carbonyl (C=O) groups is 2. The third kappa shape index (κ3) is 2.82. The van der Waals surface area contributed by atoms with E-state index in [2.05, 4.69) is 4.99 Å². The highest BCUT2D eigenvalue weighted by Crippen LogP contribution is 2.16. The van der Waals surface area contributed by atoms with E-state index in [0.29, 0.717) is 10.4 Å². The molecule has 0 bridgehead atoms. The summed E-state index contributed by atoms with van der Waals surface area (Å²) in [7, 11) is 0. The number of amides is 1. The summed E-state index contributed by atoms with van der Waals surface area (Å²) in [5.41, 5.74) is 1.23. The Hall–Kier alpha value is -2.73. The highest BCUT2D eigenvalue weighted by Gasteiger charge is 2.10. The second-order valence-electron chi connectivity index (χ2n) is 4.62. The van der Waals surface area contributed by atoms with Crippen molar-refractivity contribution < 1.29 is 14.7 Å². The molecule has 0 unspecified atom stereocenters. The van der Waals surface area contributed by atoms with Crippen LogP contribution in [0.2, 0.25) is 0 Å². The standard InChI is InChI=1S/C16H12N2O3S/c19-14(20)10-18-12-8-4-5-9-13(12)22-16(18)17-15(21)11-6-2-1-3-7-11/h1-9H,10H2,(H,19,20)/b17-16-. The zero-order valence-electron chi connectivity index (χ0n) is 11.5. The van der Waals surface area contributed by atoms with Crippen molar-refractivity contribution >= 4 is 33.4 Å². The van der Waals surface area contributed by atoms with E-state index >= 15 is 0 Å². The number of carboxylic acids is 1. The monoisotopic (exact) mass is 312 g/mol. The lowest BCUT2D eigenvalue weighted by Crippen LogP contribution is -2.21. The molecule has 0 radical (unpaired) electrons. The van der Waals surface area contributed by atoms with Gasteiger partial charge in [0, 0.05) is 5.56 Å². The van der Waals surface area contributed by atoms with E-state index in [-0.39, 0.29) is 12.5 Å². The Morgan fingerprint density at radius 3 is 2.45 bits per heavy atom. The third-order valence-electron chi connectivity index (χ3n) is 3.10. The number of hydrogen-bond donors (Lipinski definition) is 1. The molecule has 1 aromatic heterocycles. The summed E-state index contributed by atoms with van der Waals surface area (Å²) < 4.78 is 2.44. The normalized spacial score (nSPS) is 11.7. The van der Waals surface area contributed by atoms with Crippen molar-refractivity contribution in [2.24, 2.45) is 4.99 Å². The van der Waals surface area contributed by atoms with Crippen molar-refractivity contribution in [1.29, 1.82) is 0 Å². The van der Waals surface area contributed by atoms with Gasteiger partial charge in [-0.05, 0) is 24.3 Å². The highest BCUT2D eigenvalue weighted by atomic mass is 32.1. The molecule has 1 N–H and O–H groups in total.